The van der Waals surface area contributed by atoms with Crippen molar-refractivity contribution in [2.24, 2.45) is 0 Å². The predicted octanol–water partition coefficient (Wildman–Crippen LogP) is 7.44. The summed E-state index contributed by atoms with van der Waals surface area (Å²) >= 11 is 0. The van der Waals surface area contributed by atoms with Gasteiger partial charge in [-0.2, -0.15) is 0 Å². The number of aliphatic hydroxyl groups is 1. The van der Waals surface area contributed by atoms with Crippen molar-refractivity contribution in [3.8, 4) is 0 Å². The van der Waals surface area contributed by atoms with Crippen molar-refractivity contribution in [3.05, 3.63) is 52.0 Å². The number of pyridine rings is 2. The van der Waals surface area contributed by atoms with Gasteiger partial charge in [0.15, 0.2) is 0 Å². The van der Waals surface area contributed by atoms with Crippen LogP contribution in [0.2, 0.25) is 0 Å². The normalized spacial score (nSPS) is 11.1. The van der Waals surface area contributed by atoms with E-state index in [1.54, 1.807) is 16.7 Å². The maximum absolute atomic E-state index is 11.9. The average Bonchev–Trinajstić information content (AvgIpc) is 2.87. The summed E-state index contributed by atoms with van der Waals surface area (Å²) in [6.45, 7) is 6.90. The highest BCUT2D eigenvalue weighted by molar-refractivity contribution is 5.91. The molecule has 2 heterocycles. The standard InChI is InChI=1S/C18H36O.C12H12N2O3/c1-2-3-4-5-6-7-8-9-10-11-12-13-14-15-16-17-18-19;1-3-14-6-9(12(16)17)10(15)8-5-4-7(2)13-11(8)14/h9-10,19H,2-8,11-18H2,1H3;4-6H,3H2,1-2H3,(H,16,17)/b10-9-;. The molecule has 0 saturated heterocycles. The molecule has 0 amide bonds. The van der Waals surface area contributed by atoms with Crippen LogP contribution in [0.5, 0.6) is 0 Å². The van der Waals surface area contributed by atoms with E-state index in [9.17, 15) is 9.59 Å². The fraction of sp³-hybridized carbons (Fsp3) is 0.633. The number of aromatic carboxylic acids is 1. The highest BCUT2D eigenvalue weighted by Crippen LogP contribution is 2.11. The zero-order valence-corrected chi connectivity index (χ0v) is 22.8. The van der Waals surface area contributed by atoms with Crippen LogP contribution in [0.25, 0.3) is 11.0 Å². The molecule has 0 radical (unpaired) electrons. The molecule has 2 aromatic heterocycles. The summed E-state index contributed by atoms with van der Waals surface area (Å²) in [4.78, 5) is 27.2. The Balaban J connectivity index is 0.000000361. The minimum absolute atomic E-state index is 0.218. The van der Waals surface area contributed by atoms with Gasteiger partial charge in [0.1, 0.15) is 11.2 Å². The lowest BCUT2D eigenvalue weighted by molar-refractivity contribution is 0.0695. The molecule has 2 rings (SSSR count). The lowest BCUT2D eigenvalue weighted by Gasteiger charge is -2.09. The van der Waals surface area contributed by atoms with Gasteiger partial charge in [0.25, 0.3) is 0 Å². The first-order chi connectivity index (χ1) is 17.5. The van der Waals surface area contributed by atoms with Crippen LogP contribution in [0.15, 0.2) is 35.3 Å². The quantitative estimate of drug-likeness (QED) is 0.174. The van der Waals surface area contributed by atoms with E-state index in [1.807, 2.05) is 13.8 Å². The summed E-state index contributed by atoms with van der Waals surface area (Å²) in [5.74, 6) is -1.21. The Morgan fingerprint density at radius 1 is 0.889 bits per heavy atom. The second-order valence-electron chi connectivity index (χ2n) is 9.45. The number of nitrogens with zero attached hydrogens (tertiary/aromatic N) is 2. The van der Waals surface area contributed by atoms with E-state index in [-0.39, 0.29) is 5.56 Å². The zero-order valence-electron chi connectivity index (χ0n) is 22.8. The van der Waals surface area contributed by atoms with E-state index in [4.69, 9.17) is 10.2 Å². The van der Waals surface area contributed by atoms with Crippen LogP contribution in [0, 0.1) is 6.92 Å². The molecule has 0 saturated carbocycles. The summed E-state index contributed by atoms with van der Waals surface area (Å²) in [5, 5.41) is 18.0. The Morgan fingerprint density at radius 2 is 1.44 bits per heavy atom. The van der Waals surface area contributed by atoms with Crippen LogP contribution in [-0.2, 0) is 6.54 Å². The summed E-state index contributed by atoms with van der Waals surface area (Å²) in [6, 6.07) is 3.33. The van der Waals surface area contributed by atoms with Crippen LogP contribution < -0.4 is 5.43 Å². The van der Waals surface area contributed by atoms with E-state index >= 15 is 0 Å². The molecule has 0 aliphatic carbocycles. The third kappa shape index (κ3) is 12.5. The molecule has 0 aliphatic heterocycles. The largest absolute Gasteiger partial charge is 0.477 e. The number of rotatable bonds is 17. The summed E-state index contributed by atoms with van der Waals surface area (Å²) in [7, 11) is 0. The van der Waals surface area contributed by atoms with Gasteiger partial charge in [-0.3, -0.25) is 4.79 Å². The van der Waals surface area contributed by atoms with Gasteiger partial charge in [-0.1, -0.05) is 76.9 Å². The number of carboxylic acid groups (broad SMARTS) is 1. The van der Waals surface area contributed by atoms with Crippen molar-refractivity contribution >= 4 is 17.0 Å². The Bertz CT molecular complexity index is 965. The fourth-order valence-corrected chi connectivity index (χ4v) is 4.11. The zero-order chi connectivity index (χ0) is 26.6. The summed E-state index contributed by atoms with van der Waals surface area (Å²) in [6.07, 6.45) is 24.6. The molecule has 2 aromatic rings. The van der Waals surface area contributed by atoms with Crippen LogP contribution >= 0.6 is 0 Å². The van der Waals surface area contributed by atoms with Crippen molar-refractivity contribution in [1.82, 2.24) is 9.55 Å². The van der Waals surface area contributed by atoms with E-state index in [0.717, 1.165) is 12.1 Å². The minimum atomic E-state index is -1.21. The van der Waals surface area contributed by atoms with Crippen LogP contribution in [0.4, 0.5) is 0 Å². The molecule has 202 valence electrons. The highest BCUT2D eigenvalue weighted by Gasteiger charge is 2.14. The van der Waals surface area contributed by atoms with Crippen LogP contribution in [-0.4, -0.2) is 32.3 Å². The second kappa shape index (κ2) is 19.7. The van der Waals surface area contributed by atoms with Crippen molar-refractivity contribution in [1.29, 1.82) is 0 Å². The third-order valence-corrected chi connectivity index (χ3v) is 6.30. The minimum Gasteiger partial charge on any atom is -0.477 e. The Hall–Kier alpha value is -2.47. The van der Waals surface area contributed by atoms with Crippen molar-refractivity contribution in [2.75, 3.05) is 6.61 Å². The monoisotopic (exact) mass is 500 g/mol. The van der Waals surface area contributed by atoms with E-state index in [2.05, 4.69) is 24.1 Å². The summed E-state index contributed by atoms with van der Waals surface area (Å²) in [5.41, 5.74) is 0.624. The molecular formula is C30H48N2O4. The topological polar surface area (TPSA) is 92.4 Å². The van der Waals surface area contributed by atoms with Crippen LogP contribution in [0.3, 0.4) is 0 Å². The van der Waals surface area contributed by atoms with Gasteiger partial charge in [0.05, 0.1) is 5.39 Å². The molecule has 36 heavy (non-hydrogen) atoms. The van der Waals surface area contributed by atoms with Crippen molar-refractivity contribution < 1.29 is 15.0 Å². The number of fused-ring (bicyclic) bond motifs is 1. The van der Waals surface area contributed by atoms with E-state index in [1.165, 1.54) is 89.7 Å². The molecule has 0 fully saturated rings. The Kier molecular flexibility index (Phi) is 17.3. The number of carboxylic acids is 1. The molecule has 0 unspecified atom stereocenters. The lowest BCUT2D eigenvalue weighted by atomic mass is 10.1. The number of allylic oxidation sites excluding steroid dienone is 2. The molecule has 2 N–H and O–H groups in total. The number of hydrogen-bond donors (Lipinski definition) is 2. The molecule has 0 atom stereocenters. The number of unbranched alkanes of at least 4 members (excludes halogenated alkanes) is 12. The lowest BCUT2D eigenvalue weighted by Crippen LogP contribution is -2.19. The molecule has 0 bridgehead atoms. The van der Waals surface area contributed by atoms with Gasteiger partial charge in [-0.25, -0.2) is 9.78 Å². The van der Waals surface area contributed by atoms with Crippen molar-refractivity contribution in [2.45, 2.75) is 117 Å². The fourth-order valence-electron chi connectivity index (χ4n) is 4.11. The number of carbonyl (C=O) groups is 1. The van der Waals surface area contributed by atoms with Crippen molar-refractivity contribution in [3.63, 3.8) is 0 Å². The first-order valence-corrected chi connectivity index (χ1v) is 14.0. The number of hydrogen-bond acceptors (Lipinski definition) is 4. The smallest absolute Gasteiger partial charge is 0.341 e. The first-order valence-electron chi connectivity index (χ1n) is 14.0. The van der Waals surface area contributed by atoms with Gasteiger partial charge in [-0.05, 0) is 58.1 Å². The number of aliphatic hydroxyl groups excluding tert-OH is 1. The molecule has 0 aromatic carbocycles. The SMILES string of the molecule is CCCCCCCC/C=C\CCCCCCCCO.CCn1cc(C(=O)O)c(=O)c2ccc(C)nc21. The van der Waals surface area contributed by atoms with Crippen LogP contribution in [0.1, 0.15) is 120 Å². The maximum atomic E-state index is 11.9. The van der Waals surface area contributed by atoms with Gasteiger partial charge in [0.2, 0.25) is 5.43 Å². The van der Waals surface area contributed by atoms with Gasteiger partial charge >= 0.3 is 5.97 Å². The molecule has 6 nitrogen and oxygen atoms in total. The second-order valence-corrected chi connectivity index (χ2v) is 9.45. The van der Waals surface area contributed by atoms with E-state index in [0.29, 0.717) is 24.2 Å². The number of aromatic nitrogens is 2. The van der Waals surface area contributed by atoms with Gasteiger partial charge in [0, 0.05) is 25.0 Å². The predicted molar refractivity (Wildman–Crippen MR) is 150 cm³/mol. The Labute approximate surface area is 217 Å². The number of aryl methyl sites for hydroxylation is 2. The third-order valence-electron chi connectivity index (χ3n) is 6.30. The molecule has 6 heteroatoms. The molecule has 0 aliphatic rings. The maximum Gasteiger partial charge on any atom is 0.341 e. The van der Waals surface area contributed by atoms with Gasteiger partial charge < -0.3 is 14.8 Å². The van der Waals surface area contributed by atoms with Gasteiger partial charge in [-0.15, -0.1) is 0 Å². The Morgan fingerprint density at radius 3 is 1.97 bits per heavy atom. The highest BCUT2D eigenvalue weighted by atomic mass is 16.4. The average molecular weight is 501 g/mol. The van der Waals surface area contributed by atoms with E-state index < -0.39 is 11.4 Å². The summed E-state index contributed by atoms with van der Waals surface area (Å²) < 4.78 is 1.67. The first kappa shape index (κ1) is 31.6. The molecular weight excluding hydrogens is 452 g/mol. The molecule has 0 spiro atoms.